The molecule has 0 radical (unpaired) electrons. The molecule has 2 aliphatic heterocycles. The van der Waals surface area contributed by atoms with Crippen LogP contribution in [0, 0.1) is 0 Å². The highest BCUT2D eigenvalue weighted by Gasteiger charge is 2.23. The highest BCUT2D eigenvalue weighted by molar-refractivity contribution is 5.80. The molecule has 0 unspecified atom stereocenters. The normalized spacial score (nSPS) is 29.1. The van der Waals surface area contributed by atoms with Gasteiger partial charge in [-0.15, -0.1) is 0 Å². The van der Waals surface area contributed by atoms with E-state index in [1.807, 2.05) is 0 Å². The van der Waals surface area contributed by atoms with Crippen molar-refractivity contribution < 1.29 is 14.3 Å². The maximum Gasteiger partial charge on any atom is 0.251 e. The van der Waals surface area contributed by atoms with Crippen LogP contribution in [0.15, 0.2) is 0 Å². The van der Waals surface area contributed by atoms with Gasteiger partial charge in [0.2, 0.25) is 0 Å². The molecule has 0 aromatic carbocycles. The van der Waals surface area contributed by atoms with Gasteiger partial charge in [0.05, 0.1) is 19.8 Å². The number of carbonyl (C=O) groups is 1. The lowest BCUT2D eigenvalue weighted by atomic mass is 10.0. The van der Waals surface area contributed by atoms with E-state index < -0.39 is 6.10 Å². The summed E-state index contributed by atoms with van der Waals surface area (Å²) < 4.78 is 10.6. The van der Waals surface area contributed by atoms with E-state index in [0.29, 0.717) is 32.4 Å². The van der Waals surface area contributed by atoms with E-state index in [9.17, 15) is 4.79 Å². The molecule has 0 bridgehead atoms. The minimum absolute atomic E-state index is 0.0373. The third-order valence-corrected chi connectivity index (χ3v) is 4.03. The van der Waals surface area contributed by atoms with Gasteiger partial charge in [0, 0.05) is 19.1 Å². The lowest BCUT2D eigenvalue weighted by molar-refractivity contribution is -0.147. The molecule has 2 atom stereocenters. The summed E-state index contributed by atoms with van der Waals surface area (Å²) in [6, 6.07) is 0.694. The van der Waals surface area contributed by atoms with Crippen LogP contribution in [-0.4, -0.2) is 62.4 Å². The van der Waals surface area contributed by atoms with Crippen LogP contribution in [0.2, 0.25) is 0 Å². The molecule has 1 N–H and O–H groups in total. The van der Waals surface area contributed by atoms with Gasteiger partial charge in [-0.3, -0.25) is 9.69 Å². The van der Waals surface area contributed by atoms with Gasteiger partial charge >= 0.3 is 0 Å². The van der Waals surface area contributed by atoms with Crippen LogP contribution in [0.4, 0.5) is 0 Å². The second-order valence-electron chi connectivity index (χ2n) is 5.32. The van der Waals surface area contributed by atoms with Crippen molar-refractivity contribution in [3.05, 3.63) is 0 Å². The number of nitrogens with one attached hydrogen (secondary N) is 1. The van der Waals surface area contributed by atoms with Gasteiger partial charge in [0.15, 0.2) is 6.10 Å². The Morgan fingerprint density at radius 3 is 3.00 bits per heavy atom. The van der Waals surface area contributed by atoms with Crippen molar-refractivity contribution in [1.82, 2.24) is 10.2 Å². The van der Waals surface area contributed by atoms with Crippen LogP contribution in [-0.2, 0) is 14.3 Å². The Morgan fingerprint density at radius 1 is 1.37 bits per heavy atom. The van der Waals surface area contributed by atoms with E-state index in [1.165, 1.54) is 25.7 Å². The average Bonchev–Trinajstić information content (AvgIpc) is 2.48. The highest BCUT2D eigenvalue weighted by Crippen LogP contribution is 2.18. The van der Waals surface area contributed by atoms with Crippen molar-refractivity contribution in [2.45, 2.75) is 44.8 Å². The third-order valence-electron chi connectivity index (χ3n) is 4.03. The summed E-state index contributed by atoms with van der Waals surface area (Å²) in [5.74, 6) is -0.0373. The van der Waals surface area contributed by atoms with Crippen molar-refractivity contribution in [2.24, 2.45) is 0 Å². The highest BCUT2D eigenvalue weighted by atomic mass is 16.6. The molecule has 5 heteroatoms. The van der Waals surface area contributed by atoms with E-state index in [2.05, 4.69) is 17.1 Å². The quantitative estimate of drug-likeness (QED) is 0.802. The van der Waals surface area contributed by atoms with Crippen LogP contribution in [0.25, 0.3) is 0 Å². The third kappa shape index (κ3) is 4.44. The zero-order chi connectivity index (χ0) is 13.5. The Labute approximate surface area is 115 Å². The number of piperidine rings is 1. The van der Waals surface area contributed by atoms with Crippen LogP contribution >= 0.6 is 0 Å². The lowest BCUT2D eigenvalue weighted by Gasteiger charge is -2.35. The second-order valence-corrected chi connectivity index (χ2v) is 5.32. The van der Waals surface area contributed by atoms with Gasteiger partial charge in [0.1, 0.15) is 0 Å². The van der Waals surface area contributed by atoms with Crippen molar-refractivity contribution >= 4 is 5.91 Å². The summed E-state index contributed by atoms with van der Waals surface area (Å²) in [5, 5.41) is 2.96. The number of hydrogen-bond acceptors (Lipinski definition) is 4. The molecule has 2 saturated heterocycles. The summed E-state index contributed by atoms with van der Waals surface area (Å²) >= 11 is 0. The summed E-state index contributed by atoms with van der Waals surface area (Å²) in [6.45, 7) is 6.55. The maximum absolute atomic E-state index is 11.9. The first kappa shape index (κ1) is 14.8. The first-order valence-electron chi connectivity index (χ1n) is 7.52. The molecule has 1 amide bonds. The van der Waals surface area contributed by atoms with Crippen LogP contribution in [0.3, 0.4) is 0 Å². The molecule has 2 heterocycles. The van der Waals surface area contributed by atoms with Crippen LogP contribution in [0.1, 0.15) is 32.6 Å². The molecule has 2 aliphatic rings. The number of nitrogens with zero attached hydrogens (tertiary/aromatic N) is 1. The van der Waals surface area contributed by atoms with Gasteiger partial charge in [-0.2, -0.15) is 0 Å². The summed E-state index contributed by atoms with van der Waals surface area (Å²) in [6.07, 6.45) is 4.70. The van der Waals surface area contributed by atoms with Crippen LogP contribution in [0.5, 0.6) is 0 Å². The molecule has 0 saturated carbocycles. The Morgan fingerprint density at radius 2 is 2.26 bits per heavy atom. The fourth-order valence-corrected chi connectivity index (χ4v) is 2.89. The zero-order valence-electron chi connectivity index (χ0n) is 11.9. The second kappa shape index (κ2) is 7.82. The smallest absolute Gasteiger partial charge is 0.251 e. The molecule has 2 fully saturated rings. The van der Waals surface area contributed by atoms with Gasteiger partial charge < -0.3 is 14.8 Å². The average molecular weight is 270 g/mol. The largest absolute Gasteiger partial charge is 0.376 e. The SMILES string of the molecule is CC[C@H]1CCCCN1CCNC(=O)[C@H]1COCCO1. The van der Waals surface area contributed by atoms with Gasteiger partial charge in [-0.1, -0.05) is 13.3 Å². The van der Waals surface area contributed by atoms with Gasteiger partial charge in [0.25, 0.3) is 5.91 Å². The molecule has 0 aromatic rings. The minimum Gasteiger partial charge on any atom is -0.376 e. The predicted molar refractivity (Wildman–Crippen MR) is 73.1 cm³/mol. The number of rotatable bonds is 5. The first-order chi connectivity index (χ1) is 9.31. The first-order valence-corrected chi connectivity index (χ1v) is 7.52. The van der Waals surface area contributed by atoms with Crippen molar-refractivity contribution in [2.75, 3.05) is 39.5 Å². The Bertz CT molecular complexity index is 280. The maximum atomic E-state index is 11.9. The molecule has 2 rings (SSSR count). The summed E-state index contributed by atoms with van der Waals surface area (Å²) in [7, 11) is 0. The molecular formula is C14H26N2O3. The molecule has 0 aromatic heterocycles. The molecule has 5 nitrogen and oxygen atoms in total. The number of ether oxygens (including phenoxy) is 2. The topological polar surface area (TPSA) is 50.8 Å². The van der Waals surface area contributed by atoms with Crippen molar-refractivity contribution in [1.29, 1.82) is 0 Å². The number of amides is 1. The Balaban J connectivity index is 1.65. The number of carbonyl (C=O) groups excluding carboxylic acids is 1. The standard InChI is InChI=1S/C14H26N2O3/c1-2-12-5-3-4-7-16(12)8-6-15-14(17)13-11-18-9-10-19-13/h12-13H,2-11H2,1H3,(H,15,17)/t12-,13+/m0/s1. The molecule has 110 valence electrons. The van der Waals surface area contributed by atoms with E-state index in [0.717, 1.165) is 13.1 Å². The van der Waals surface area contributed by atoms with E-state index >= 15 is 0 Å². The Kier molecular flexibility index (Phi) is 6.07. The van der Waals surface area contributed by atoms with Crippen LogP contribution < -0.4 is 5.32 Å². The molecular weight excluding hydrogens is 244 g/mol. The van der Waals surface area contributed by atoms with Gasteiger partial charge in [-0.25, -0.2) is 0 Å². The molecule has 19 heavy (non-hydrogen) atoms. The number of hydrogen-bond donors (Lipinski definition) is 1. The predicted octanol–water partition coefficient (Wildman–Crippen LogP) is 0.783. The fraction of sp³-hybridized carbons (Fsp3) is 0.929. The van der Waals surface area contributed by atoms with E-state index in [1.54, 1.807) is 0 Å². The zero-order valence-corrected chi connectivity index (χ0v) is 11.9. The van der Waals surface area contributed by atoms with Gasteiger partial charge in [-0.05, 0) is 25.8 Å². The summed E-state index contributed by atoms with van der Waals surface area (Å²) in [5.41, 5.74) is 0. The van der Waals surface area contributed by atoms with Crippen molar-refractivity contribution in [3.63, 3.8) is 0 Å². The van der Waals surface area contributed by atoms with E-state index in [4.69, 9.17) is 9.47 Å². The molecule has 0 aliphatic carbocycles. The summed E-state index contributed by atoms with van der Waals surface area (Å²) in [4.78, 5) is 14.4. The van der Waals surface area contributed by atoms with E-state index in [-0.39, 0.29) is 5.91 Å². The monoisotopic (exact) mass is 270 g/mol. The lowest BCUT2D eigenvalue weighted by Crippen LogP contribution is -2.47. The number of likely N-dealkylation sites (tertiary alicyclic amines) is 1. The van der Waals surface area contributed by atoms with Crippen molar-refractivity contribution in [3.8, 4) is 0 Å². The molecule has 0 spiro atoms. The minimum atomic E-state index is -0.419. The Hall–Kier alpha value is -0.650. The fourth-order valence-electron chi connectivity index (χ4n) is 2.89.